The Hall–Kier alpha value is -2.01. The fourth-order valence-electron chi connectivity index (χ4n) is 1.59. The number of halogens is 1. The van der Waals surface area contributed by atoms with Crippen LogP contribution in [-0.4, -0.2) is 31.1 Å². The van der Waals surface area contributed by atoms with Gasteiger partial charge in [0.15, 0.2) is 17.9 Å². The topological polar surface area (TPSA) is 48.4 Å². The smallest absolute Gasteiger partial charge is 0.168 e. The van der Waals surface area contributed by atoms with Crippen LogP contribution in [0.1, 0.15) is 17.4 Å². The fraction of sp³-hybridized carbons (Fsp3) is 0.286. The molecule has 1 aromatic carbocycles. The summed E-state index contributed by atoms with van der Waals surface area (Å²) in [7, 11) is 1.56. The van der Waals surface area contributed by atoms with Crippen molar-refractivity contribution in [1.82, 2.24) is 4.98 Å². The van der Waals surface area contributed by atoms with Crippen molar-refractivity contribution in [2.75, 3.05) is 13.7 Å². The van der Waals surface area contributed by atoms with Gasteiger partial charge in [0.25, 0.3) is 0 Å². The van der Waals surface area contributed by atoms with Crippen LogP contribution in [0.5, 0.6) is 5.75 Å². The normalized spacial score (nSPS) is 12.4. The highest BCUT2D eigenvalue weighted by molar-refractivity contribution is 5.84. The van der Waals surface area contributed by atoms with Gasteiger partial charge >= 0.3 is 0 Å². The van der Waals surface area contributed by atoms with Crippen molar-refractivity contribution in [2.24, 2.45) is 0 Å². The van der Waals surface area contributed by atoms with E-state index in [-0.39, 0.29) is 18.5 Å². The average molecular weight is 263 g/mol. The van der Waals surface area contributed by atoms with E-state index in [0.717, 1.165) is 0 Å². The summed E-state index contributed by atoms with van der Waals surface area (Å²) >= 11 is 0. The van der Waals surface area contributed by atoms with E-state index in [1.807, 2.05) is 6.92 Å². The summed E-state index contributed by atoms with van der Waals surface area (Å²) in [6.45, 7) is 2.06. The first kappa shape index (κ1) is 13.4. The molecule has 1 atom stereocenters. The van der Waals surface area contributed by atoms with Crippen molar-refractivity contribution in [3.05, 3.63) is 35.8 Å². The van der Waals surface area contributed by atoms with Gasteiger partial charge in [-0.2, -0.15) is 0 Å². The summed E-state index contributed by atoms with van der Waals surface area (Å²) in [5, 5.41) is 0.621. The van der Waals surface area contributed by atoms with Crippen LogP contribution in [0.4, 0.5) is 4.39 Å². The molecular formula is C14H14FNO3. The van der Waals surface area contributed by atoms with Gasteiger partial charge in [-0.25, -0.2) is 9.37 Å². The van der Waals surface area contributed by atoms with Crippen LogP contribution < -0.4 is 4.74 Å². The standard InChI is InChI=1S/C14H14FNO3/c1-9(18-2)8-19-14-6-13-10(5-12(14)15)3-4-11(7-17)16-13/h3-7,9H,8H2,1-2H3. The molecule has 0 saturated heterocycles. The van der Waals surface area contributed by atoms with Crippen molar-refractivity contribution >= 4 is 17.2 Å². The minimum atomic E-state index is -0.462. The number of aromatic nitrogens is 1. The van der Waals surface area contributed by atoms with E-state index in [2.05, 4.69) is 4.98 Å². The van der Waals surface area contributed by atoms with Gasteiger partial charge in [-0.3, -0.25) is 4.79 Å². The number of nitrogens with zero attached hydrogens (tertiary/aromatic N) is 1. The molecule has 0 spiro atoms. The zero-order valence-electron chi connectivity index (χ0n) is 10.7. The third-order valence-electron chi connectivity index (χ3n) is 2.76. The zero-order valence-corrected chi connectivity index (χ0v) is 10.7. The minimum Gasteiger partial charge on any atom is -0.488 e. The first-order chi connectivity index (χ1) is 9.13. The van der Waals surface area contributed by atoms with E-state index in [4.69, 9.17) is 9.47 Å². The Morgan fingerprint density at radius 1 is 1.42 bits per heavy atom. The van der Waals surface area contributed by atoms with E-state index < -0.39 is 5.82 Å². The molecule has 0 bridgehead atoms. The maximum Gasteiger partial charge on any atom is 0.168 e. The van der Waals surface area contributed by atoms with Crippen LogP contribution in [0.2, 0.25) is 0 Å². The number of hydrogen-bond donors (Lipinski definition) is 0. The summed E-state index contributed by atoms with van der Waals surface area (Å²) < 4.78 is 24.2. The summed E-state index contributed by atoms with van der Waals surface area (Å²) in [5.74, 6) is -0.358. The highest BCUT2D eigenvalue weighted by atomic mass is 19.1. The SMILES string of the molecule is COC(C)COc1cc2nc(C=O)ccc2cc1F. The van der Waals surface area contributed by atoms with Gasteiger partial charge in [0.05, 0.1) is 11.6 Å². The van der Waals surface area contributed by atoms with Crippen LogP contribution in [0.25, 0.3) is 10.9 Å². The Labute approximate surface area is 110 Å². The molecule has 0 saturated carbocycles. The summed E-state index contributed by atoms with van der Waals surface area (Å²) in [6.07, 6.45) is 0.514. The second-order valence-corrected chi connectivity index (χ2v) is 4.19. The Balaban J connectivity index is 2.33. The number of aldehydes is 1. The first-order valence-electron chi connectivity index (χ1n) is 5.85. The Kier molecular flexibility index (Phi) is 4.06. The molecule has 1 heterocycles. The number of carbonyl (C=O) groups excluding carboxylic acids is 1. The second-order valence-electron chi connectivity index (χ2n) is 4.19. The van der Waals surface area contributed by atoms with Gasteiger partial charge in [0.2, 0.25) is 0 Å². The lowest BCUT2D eigenvalue weighted by Gasteiger charge is -2.12. The van der Waals surface area contributed by atoms with Crippen molar-refractivity contribution in [1.29, 1.82) is 0 Å². The largest absolute Gasteiger partial charge is 0.488 e. The highest BCUT2D eigenvalue weighted by Crippen LogP contribution is 2.24. The molecule has 0 aliphatic rings. The van der Waals surface area contributed by atoms with Crippen LogP contribution in [-0.2, 0) is 4.74 Å². The molecule has 0 radical (unpaired) electrons. The third kappa shape index (κ3) is 3.06. The van der Waals surface area contributed by atoms with Crippen molar-refractivity contribution in [3.63, 3.8) is 0 Å². The quantitative estimate of drug-likeness (QED) is 0.778. The molecule has 0 N–H and O–H groups in total. The molecule has 2 rings (SSSR count). The molecule has 2 aromatic rings. The number of hydrogen-bond acceptors (Lipinski definition) is 4. The minimum absolute atomic E-state index is 0.104. The highest BCUT2D eigenvalue weighted by Gasteiger charge is 2.09. The Bertz CT molecular complexity index is 601. The Morgan fingerprint density at radius 3 is 2.89 bits per heavy atom. The number of rotatable bonds is 5. The molecular weight excluding hydrogens is 249 g/mol. The molecule has 4 nitrogen and oxygen atoms in total. The molecule has 1 aromatic heterocycles. The van der Waals surface area contributed by atoms with Crippen molar-refractivity contribution < 1.29 is 18.7 Å². The average Bonchev–Trinajstić information content (AvgIpc) is 2.44. The predicted octanol–water partition coefficient (Wildman–Crippen LogP) is 2.60. The number of ether oxygens (including phenoxy) is 2. The van der Waals surface area contributed by atoms with Crippen molar-refractivity contribution in [2.45, 2.75) is 13.0 Å². The molecule has 19 heavy (non-hydrogen) atoms. The second kappa shape index (κ2) is 5.75. The van der Waals surface area contributed by atoms with Gasteiger partial charge in [0.1, 0.15) is 12.3 Å². The molecule has 0 aliphatic heterocycles. The van der Waals surface area contributed by atoms with Crippen LogP contribution in [0.3, 0.4) is 0 Å². The first-order valence-corrected chi connectivity index (χ1v) is 5.85. The van der Waals surface area contributed by atoms with E-state index in [9.17, 15) is 9.18 Å². The number of methoxy groups -OCH3 is 1. The summed E-state index contributed by atoms with van der Waals surface area (Å²) in [5.41, 5.74) is 0.821. The van der Waals surface area contributed by atoms with E-state index in [1.54, 1.807) is 19.2 Å². The van der Waals surface area contributed by atoms with Crippen LogP contribution in [0, 0.1) is 5.82 Å². The lowest BCUT2D eigenvalue weighted by Crippen LogP contribution is -2.16. The van der Waals surface area contributed by atoms with Crippen LogP contribution >= 0.6 is 0 Å². The fourth-order valence-corrected chi connectivity index (χ4v) is 1.59. The predicted molar refractivity (Wildman–Crippen MR) is 69.1 cm³/mol. The summed E-state index contributed by atoms with van der Waals surface area (Å²) in [4.78, 5) is 14.8. The number of benzene rings is 1. The van der Waals surface area contributed by atoms with Gasteiger partial charge in [-0.15, -0.1) is 0 Å². The van der Waals surface area contributed by atoms with Crippen LogP contribution in [0.15, 0.2) is 24.3 Å². The van der Waals surface area contributed by atoms with E-state index in [0.29, 0.717) is 22.9 Å². The molecule has 1 unspecified atom stereocenters. The van der Waals surface area contributed by atoms with Gasteiger partial charge in [0, 0.05) is 18.6 Å². The maximum atomic E-state index is 13.8. The number of fused-ring (bicyclic) bond motifs is 1. The molecule has 0 fully saturated rings. The molecule has 0 aliphatic carbocycles. The number of pyridine rings is 1. The van der Waals surface area contributed by atoms with Crippen molar-refractivity contribution in [3.8, 4) is 5.75 Å². The van der Waals surface area contributed by atoms with Gasteiger partial charge < -0.3 is 9.47 Å². The zero-order chi connectivity index (χ0) is 13.8. The lowest BCUT2D eigenvalue weighted by molar-refractivity contribution is 0.0702. The molecule has 100 valence electrons. The van der Waals surface area contributed by atoms with Gasteiger partial charge in [-0.1, -0.05) is 6.07 Å². The van der Waals surface area contributed by atoms with E-state index >= 15 is 0 Å². The molecule has 5 heteroatoms. The van der Waals surface area contributed by atoms with E-state index in [1.165, 1.54) is 12.1 Å². The molecule has 0 amide bonds. The summed E-state index contributed by atoms with van der Waals surface area (Å²) in [6, 6.07) is 6.02. The van der Waals surface area contributed by atoms with Gasteiger partial charge in [-0.05, 0) is 19.1 Å². The Morgan fingerprint density at radius 2 is 2.21 bits per heavy atom. The lowest BCUT2D eigenvalue weighted by atomic mass is 10.2. The monoisotopic (exact) mass is 263 g/mol. The third-order valence-corrected chi connectivity index (χ3v) is 2.76. The maximum absolute atomic E-state index is 13.8. The number of carbonyl (C=O) groups is 1.